The second kappa shape index (κ2) is 4.59. The Labute approximate surface area is 127 Å². The van der Waals surface area contributed by atoms with Gasteiger partial charge in [-0.1, -0.05) is 0 Å². The molecule has 0 saturated heterocycles. The van der Waals surface area contributed by atoms with Gasteiger partial charge in [0.2, 0.25) is 0 Å². The van der Waals surface area contributed by atoms with E-state index in [0.717, 1.165) is 17.8 Å². The highest BCUT2D eigenvalue weighted by molar-refractivity contribution is 9.13. The van der Waals surface area contributed by atoms with E-state index in [0.29, 0.717) is 20.4 Å². The van der Waals surface area contributed by atoms with E-state index in [1.54, 1.807) is 0 Å². The molecule has 0 aliphatic heterocycles. The minimum Gasteiger partial charge on any atom is -0.336 e. The Kier molecular flexibility index (Phi) is 3.17. The summed E-state index contributed by atoms with van der Waals surface area (Å²) in [6.45, 7) is 0.896. The van der Waals surface area contributed by atoms with Gasteiger partial charge in [-0.15, -0.1) is 0 Å². The molecule has 1 heterocycles. The van der Waals surface area contributed by atoms with E-state index in [4.69, 9.17) is 0 Å². The van der Waals surface area contributed by atoms with Gasteiger partial charge in [-0.05, 0) is 56.7 Å². The van der Waals surface area contributed by atoms with Crippen LogP contribution in [0.3, 0.4) is 0 Å². The summed E-state index contributed by atoms with van der Waals surface area (Å²) in [5, 5.41) is 11.2. The zero-order valence-corrected chi connectivity index (χ0v) is 13.4. The fourth-order valence-electron chi connectivity index (χ4n) is 2.26. The maximum Gasteiger partial charge on any atom is 0.312 e. The highest BCUT2D eigenvalue weighted by Gasteiger charge is 2.27. The summed E-state index contributed by atoms with van der Waals surface area (Å²) < 4.78 is 3.21. The summed E-state index contributed by atoms with van der Waals surface area (Å²) >= 11 is 6.63. The average molecular weight is 387 g/mol. The normalized spacial score (nSPS) is 15.1. The smallest absolute Gasteiger partial charge is 0.312 e. The van der Waals surface area contributed by atoms with Gasteiger partial charge in [0.05, 0.1) is 16.2 Å². The van der Waals surface area contributed by atoms with Crippen molar-refractivity contribution in [2.75, 3.05) is 0 Å². The monoisotopic (exact) mass is 385 g/mol. The Hall–Kier alpha value is -0.885. The lowest BCUT2D eigenvalue weighted by Gasteiger charge is -2.06. The first-order valence-corrected chi connectivity index (χ1v) is 7.57. The van der Waals surface area contributed by atoms with Crippen LogP contribution in [0.25, 0.3) is 11.0 Å². The molecular formula is C11H10BBr2N3O2. The van der Waals surface area contributed by atoms with Crippen molar-refractivity contribution in [3.63, 3.8) is 0 Å². The number of nitro benzene ring substituents is 1. The second-order valence-corrected chi connectivity index (χ2v) is 6.51. The molecule has 1 fully saturated rings. The van der Waals surface area contributed by atoms with Gasteiger partial charge in [0.15, 0.2) is 13.4 Å². The first-order valence-electron chi connectivity index (χ1n) is 5.98. The molecule has 98 valence electrons. The first-order chi connectivity index (χ1) is 8.99. The van der Waals surface area contributed by atoms with Crippen LogP contribution in [-0.2, 0) is 6.54 Å². The lowest BCUT2D eigenvalue weighted by molar-refractivity contribution is -0.384. The van der Waals surface area contributed by atoms with E-state index in [2.05, 4.69) is 41.4 Å². The Bertz CT molecular complexity index is 697. The van der Waals surface area contributed by atoms with Crippen molar-refractivity contribution in [2.45, 2.75) is 19.4 Å². The van der Waals surface area contributed by atoms with Crippen molar-refractivity contribution in [2.24, 2.45) is 5.92 Å². The highest BCUT2D eigenvalue weighted by atomic mass is 79.9. The van der Waals surface area contributed by atoms with Crippen LogP contribution in [0.15, 0.2) is 15.0 Å². The van der Waals surface area contributed by atoms with Gasteiger partial charge >= 0.3 is 5.69 Å². The van der Waals surface area contributed by atoms with Crippen LogP contribution in [-0.4, -0.2) is 22.3 Å². The van der Waals surface area contributed by atoms with E-state index >= 15 is 0 Å². The topological polar surface area (TPSA) is 61.0 Å². The lowest BCUT2D eigenvalue weighted by Crippen LogP contribution is -2.19. The summed E-state index contributed by atoms with van der Waals surface area (Å²) in [6, 6.07) is 1.90. The number of imidazole rings is 1. The number of benzene rings is 1. The minimum atomic E-state index is -0.384. The molecule has 0 amide bonds. The number of halogens is 2. The van der Waals surface area contributed by atoms with Gasteiger partial charge in [0.25, 0.3) is 0 Å². The Morgan fingerprint density at radius 1 is 1.53 bits per heavy atom. The van der Waals surface area contributed by atoms with E-state index in [1.807, 2.05) is 13.9 Å². The van der Waals surface area contributed by atoms with Gasteiger partial charge in [-0.3, -0.25) is 10.1 Å². The number of rotatable bonds is 3. The van der Waals surface area contributed by atoms with Crippen LogP contribution in [0.2, 0.25) is 0 Å². The quantitative estimate of drug-likeness (QED) is 0.461. The van der Waals surface area contributed by atoms with Crippen LogP contribution < -0.4 is 5.72 Å². The molecule has 1 aromatic carbocycles. The van der Waals surface area contributed by atoms with Gasteiger partial charge in [0, 0.05) is 11.0 Å². The summed E-state index contributed by atoms with van der Waals surface area (Å²) in [4.78, 5) is 15.3. The van der Waals surface area contributed by atoms with Crippen molar-refractivity contribution >= 4 is 62.2 Å². The van der Waals surface area contributed by atoms with Crippen LogP contribution in [0.5, 0.6) is 0 Å². The van der Waals surface area contributed by atoms with E-state index in [1.165, 1.54) is 12.8 Å². The highest BCUT2D eigenvalue weighted by Crippen LogP contribution is 2.39. The standard InChI is InChI=1S/C11H10BBr2N3O2/c12-11-15-9-7(16(11)4-5-1-2-5)3-6(13)8(14)10(9)17(18)19/h3,5H,1-2,4,12H2. The molecule has 0 radical (unpaired) electrons. The average Bonchev–Trinajstić information content (AvgIpc) is 3.09. The van der Waals surface area contributed by atoms with Gasteiger partial charge in [-0.25, -0.2) is 4.98 Å². The number of hydrogen-bond acceptors (Lipinski definition) is 3. The summed E-state index contributed by atoms with van der Waals surface area (Å²) in [6.07, 6.45) is 2.47. The van der Waals surface area contributed by atoms with Gasteiger partial charge in [0.1, 0.15) is 4.47 Å². The molecule has 1 saturated carbocycles. The first kappa shape index (κ1) is 13.1. The molecule has 1 aliphatic carbocycles. The van der Waals surface area contributed by atoms with Gasteiger partial charge < -0.3 is 4.57 Å². The molecule has 5 nitrogen and oxygen atoms in total. The molecule has 0 unspecified atom stereocenters. The molecule has 0 bridgehead atoms. The number of fused-ring (bicyclic) bond motifs is 1. The van der Waals surface area contributed by atoms with Crippen molar-refractivity contribution in [1.82, 2.24) is 9.55 Å². The van der Waals surface area contributed by atoms with E-state index in [-0.39, 0.29) is 10.6 Å². The molecule has 1 aliphatic rings. The Morgan fingerprint density at radius 2 is 2.21 bits per heavy atom. The van der Waals surface area contributed by atoms with Crippen LogP contribution in [0, 0.1) is 16.0 Å². The molecule has 8 heteroatoms. The summed E-state index contributed by atoms with van der Waals surface area (Å²) in [5.74, 6) is 0.692. The zero-order valence-electron chi connectivity index (χ0n) is 10.2. The maximum absolute atomic E-state index is 11.2. The molecular weight excluding hydrogens is 377 g/mol. The van der Waals surface area contributed by atoms with E-state index in [9.17, 15) is 10.1 Å². The largest absolute Gasteiger partial charge is 0.336 e. The second-order valence-electron chi connectivity index (χ2n) is 4.86. The predicted octanol–water partition coefficient (Wildman–Crippen LogP) is 2.14. The van der Waals surface area contributed by atoms with Crippen LogP contribution >= 0.6 is 31.9 Å². The molecule has 0 N–H and O–H groups in total. The van der Waals surface area contributed by atoms with Crippen molar-refractivity contribution in [3.8, 4) is 0 Å². The fourth-order valence-corrected chi connectivity index (χ4v) is 3.11. The number of nitrogens with zero attached hydrogens (tertiary/aromatic N) is 3. The molecule has 3 rings (SSSR count). The van der Waals surface area contributed by atoms with Crippen molar-refractivity contribution < 1.29 is 4.92 Å². The van der Waals surface area contributed by atoms with Crippen molar-refractivity contribution in [1.29, 1.82) is 0 Å². The number of nitro groups is 1. The molecule has 1 aromatic heterocycles. The molecule has 0 spiro atoms. The number of hydrogen-bond donors (Lipinski definition) is 0. The zero-order chi connectivity index (χ0) is 13.7. The number of aromatic nitrogens is 2. The molecule has 19 heavy (non-hydrogen) atoms. The SMILES string of the molecule is Bc1nc2c([N+](=O)[O-])c(Br)c(Br)cc2n1CC1CC1. The third-order valence-electron chi connectivity index (χ3n) is 3.42. The van der Waals surface area contributed by atoms with Gasteiger partial charge in [-0.2, -0.15) is 0 Å². The maximum atomic E-state index is 11.2. The van der Waals surface area contributed by atoms with E-state index < -0.39 is 0 Å². The Morgan fingerprint density at radius 3 is 2.79 bits per heavy atom. The van der Waals surface area contributed by atoms with Crippen LogP contribution in [0.1, 0.15) is 12.8 Å². The van der Waals surface area contributed by atoms with Crippen LogP contribution in [0.4, 0.5) is 5.69 Å². The third-order valence-corrected chi connectivity index (χ3v) is 5.38. The molecule has 2 aromatic rings. The third kappa shape index (κ3) is 2.20. The van der Waals surface area contributed by atoms with Crippen molar-refractivity contribution in [3.05, 3.63) is 25.1 Å². The Balaban J connectivity index is 2.29. The minimum absolute atomic E-state index is 0.0296. The fraction of sp³-hybridized carbons (Fsp3) is 0.364. The molecule has 0 atom stereocenters. The summed E-state index contributed by atoms with van der Waals surface area (Å²) in [5.41, 5.74) is 2.14. The lowest BCUT2D eigenvalue weighted by atomic mass is 10.1. The predicted molar refractivity (Wildman–Crippen MR) is 82.7 cm³/mol. The summed E-state index contributed by atoms with van der Waals surface area (Å²) in [7, 11) is 1.90.